The Hall–Kier alpha value is -2.63. The number of halogens is 1. The summed E-state index contributed by atoms with van der Waals surface area (Å²) in [6.07, 6.45) is 1.66. The molecule has 0 radical (unpaired) electrons. The van der Waals surface area contributed by atoms with Gasteiger partial charge in [0.15, 0.2) is 5.78 Å². The quantitative estimate of drug-likeness (QED) is 0.276. The summed E-state index contributed by atoms with van der Waals surface area (Å²) in [6, 6.07) is 15.3. The van der Waals surface area contributed by atoms with Gasteiger partial charge in [0.2, 0.25) is 0 Å². The Morgan fingerprint density at radius 2 is 1.85 bits per heavy atom. The lowest BCUT2D eigenvalue weighted by Crippen LogP contribution is -2.09. The number of carbonyl (C=O) groups excluding carboxylic acids is 2. The molecule has 0 aliphatic rings. The number of fused-ring (bicyclic) bond motifs is 3. The number of Topliss-reactive ketones (excluding diaryl/α,β-unsaturated/α-hetero) is 1. The van der Waals surface area contributed by atoms with E-state index in [1.807, 2.05) is 47.0 Å². The van der Waals surface area contributed by atoms with Crippen molar-refractivity contribution in [3.8, 4) is 11.1 Å². The molecule has 0 atom stereocenters. The van der Waals surface area contributed by atoms with E-state index in [1.54, 1.807) is 12.1 Å². The van der Waals surface area contributed by atoms with Crippen LogP contribution in [0.15, 0.2) is 54.7 Å². The number of benzene rings is 2. The van der Waals surface area contributed by atoms with Crippen LogP contribution in [0.2, 0.25) is 5.02 Å². The Balaban J connectivity index is 1.97. The molecule has 26 heavy (non-hydrogen) atoms. The molecule has 0 N–H and O–H groups in total. The van der Waals surface area contributed by atoms with Gasteiger partial charge in [-0.2, -0.15) is 0 Å². The summed E-state index contributed by atoms with van der Waals surface area (Å²) in [5, 5.41) is 0.627. The molecule has 0 spiro atoms. The topological polar surface area (TPSA) is 47.8 Å². The molecular weight excluding hydrogens is 370 g/mol. The molecule has 2 aromatic heterocycles. The molecule has 0 aliphatic heterocycles. The lowest BCUT2D eigenvalue weighted by molar-refractivity contribution is -0.139. The fourth-order valence-corrected chi connectivity index (χ4v) is 4.35. The molecule has 2 aromatic carbocycles. The number of nitrogens with zero attached hydrogens (tertiary/aromatic N) is 1. The number of esters is 1. The molecule has 6 heteroatoms. The van der Waals surface area contributed by atoms with Gasteiger partial charge in [-0.1, -0.05) is 35.9 Å². The highest BCUT2D eigenvalue weighted by molar-refractivity contribution is 7.24. The van der Waals surface area contributed by atoms with Gasteiger partial charge in [-0.15, -0.1) is 11.3 Å². The highest BCUT2D eigenvalue weighted by Gasteiger charge is 2.24. The molecule has 0 unspecified atom stereocenters. The van der Waals surface area contributed by atoms with E-state index in [1.165, 1.54) is 18.4 Å². The summed E-state index contributed by atoms with van der Waals surface area (Å²) >= 11 is 7.53. The first-order chi connectivity index (χ1) is 12.6. The highest BCUT2D eigenvalue weighted by atomic mass is 35.5. The average molecular weight is 384 g/mol. The van der Waals surface area contributed by atoms with Crippen LogP contribution in [0, 0.1) is 0 Å². The maximum atomic E-state index is 12.9. The number of ketones is 1. The number of ether oxygens (including phenoxy) is 1. The van der Waals surface area contributed by atoms with Crippen LogP contribution < -0.4 is 0 Å². The highest BCUT2D eigenvalue weighted by Crippen LogP contribution is 2.37. The number of para-hydroxylation sites is 1. The third-order valence-corrected chi connectivity index (χ3v) is 5.67. The van der Waals surface area contributed by atoms with E-state index in [-0.39, 0.29) is 12.2 Å². The first kappa shape index (κ1) is 16.8. The van der Waals surface area contributed by atoms with Crippen LogP contribution in [0.5, 0.6) is 0 Å². The third-order valence-electron chi connectivity index (χ3n) is 4.26. The van der Waals surface area contributed by atoms with E-state index in [9.17, 15) is 9.59 Å². The zero-order chi connectivity index (χ0) is 18.3. The van der Waals surface area contributed by atoms with Gasteiger partial charge in [-0.05, 0) is 29.8 Å². The maximum Gasteiger partial charge on any atom is 0.313 e. The van der Waals surface area contributed by atoms with Crippen LogP contribution in [0.25, 0.3) is 26.2 Å². The molecule has 4 aromatic rings. The lowest BCUT2D eigenvalue weighted by atomic mass is 10.0. The monoisotopic (exact) mass is 383 g/mol. The molecular formula is C20H14ClNO3S. The SMILES string of the molecule is COC(=O)CC(=O)c1c(-c2ccc(Cl)cc2)cn2c1sc1ccccc12. The van der Waals surface area contributed by atoms with Crippen LogP contribution in [0.1, 0.15) is 16.8 Å². The van der Waals surface area contributed by atoms with Crippen LogP contribution in [0.4, 0.5) is 0 Å². The largest absolute Gasteiger partial charge is 0.469 e. The molecule has 2 heterocycles. The summed E-state index contributed by atoms with van der Waals surface area (Å²) in [5.74, 6) is -0.798. The first-order valence-corrected chi connectivity index (χ1v) is 9.16. The minimum Gasteiger partial charge on any atom is -0.469 e. The van der Waals surface area contributed by atoms with Crippen molar-refractivity contribution < 1.29 is 14.3 Å². The lowest BCUT2D eigenvalue weighted by Gasteiger charge is -2.04. The number of hydrogen-bond acceptors (Lipinski definition) is 4. The first-order valence-electron chi connectivity index (χ1n) is 7.97. The van der Waals surface area contributed by atoms with E-state index in [2.05, 4.69) is 4.74 Å². The number of hydrogen-bond donors (Lipinski definition) is 0. The summed E-state index contributed by atoms with van der Waals surface area (Å²) in [6.45, 7) is 0. The molecule has 0 fully saturated rings. The molecule has 0 amide bonds. The van der Waals surface area contributed by atoms with Crippen molar-refractivity contribution in [3.05, 3.63) is 65.3 Å². The van der Waals surface area contributed by atoms with E-state index >= 15 is 0 Å². The smallest absolute Gasteiger partial charge is 0.313 e. The Labute approximate surface area is 158 Å². The third kappa shape index (κ3) is 2.79. The fourth-order valence-electron chi connectivity index (χ4n) is 3.02. The molecule has 4 nitrogen and oxygen atoms in total. The van der Waals surface area contributed by atoms with Gasteiger partial charge in [0.25, 0.3) is 0 Å². The van der Waals surface area contributed by atoms with Crippen molar-refractivity contribution >= 4 is 49.7 Å². The molecule has 0 aliphatic carbocycles. The normalized spacial score (nSPS) is 11.2. The van der Waals surface area contributed by atoms with Crippen molar-refractivity contribution in [3.63, 3.8) is 0 Å². The maximum absolute atomic E-state index is 12.9. The zero-order valence-electron chi connectivity index (χ0n) is 13.9. The summed E-state index contributed by atoms with van der Waals surface area (Å²) in [7, 11) is 1.28. The number of aromatic nitrogens is 1. The van der Waals surface area contributed by atoms with Crippen LogP contribution in [0.3, 0.4) is 0 Å². The average Bonchev–Trinajstić information content (AvgIpc) is 3.18. The Bertz CT molecular complexity index is 1140. The van der Waals surface area contributed by atoms with Gasteiger partial charge >= 0.3 is 5.97 Å². The second-order valence-corrected chi connectivity index (χ2v) is 7.31. The molecule has 0 saturated carbocycles. The molecule has 0 saturated heterocycles. The summed E-state index contributed by atoms with van der Waals surface area (Å²) in [5.41, 5.74) is 3.23. The Morgan fingerprint density at radius 3 is 2.58 bits per heavy atom. The molecule has 4 rings (SSSR count). The van der Waals surface area contributed by atoms with E-state index in [0.717, 1.165) is 26.2 Å². The molecule has 0 bridgehead atoms. The minimum absolute atomic E-state index is 0.254. The Morgan fingerprint density at radius 1 is 1.12 bits per heavy atom. The van der Waals surface area contributed by atoms with Crippen molar-refractivity contribution in [2.45, 2.75) is 6.42 Å². The number of rotatable bonds is 4. The van der Waals surface area contributed by atoms with Gasteiger partial charge in [0, 0.05) is 16.8 Å². The number of methoxy groups -OCH3 is 1. The van der Waals surface area contributed by atoms with Crippen molar-refractivity contribution in [2.24, 2.45) is 0 Å². The molecule has 130 valence electrons. The van der Waals surface area contributed by atoms with E-state index in [4.69, 9.17) is 11.6 Å². The van der Waals surface area contributed by atoms with Gasteiger partial charge in [0.05, 0.1) is 22.9 Å². The van der Waals surface area contributed by atoms with Crippen LogP contribution in [-0.4, -0.2) is 23.3 Å². The second kappa shape index (κ2) is 6.59. The van der Waals surface area contributed by atoms with Crippen LogP contribution >= 0.6 is 22.9 Å². The predicted molar refractivity (Wildman–Crippen MR) is 104 cm³/mol. The van der Waals surface area contributed by atoms with E-state index < -0.39 is 5.97 Å². The minimum atomic E-state index is -0.544. The van der Waals surface area contributed by atoms with Crippen molar-refractivity contribution in [1.82, 2.24) is 4.40 Å². The van der Waals surface area contributed by atoms with Crippen LogP contribution in [-0.2, 0) is 9.53 Å². The Kier molecular flexibility index (Phi) is 4.26. The van der Waals surface area contributed by atoms with Crippen molar-refractivity contribution in [1.29, 1.82) is 0 Å². The second-order valence-electron chi connectivity index (χ2n) is 5.85. The zero-order valence-corrected chi connectivity index (χ0v) is 15.4. The van der Waals surface area contributed by atoms with Crippen molar-refractivity contribution in [2.75, 3.05) is 7.11 Å². The van der Waals surface area contributed by atoms with E-state index in [0.29, 0.717) is 10.6 Å². The predicted octanol–water partition coefficient (Wildman–Crippen LogP) is 5.22. The number of thiazole rings is 1. The van der Waals surface area contributed by atoms with Gasteiger partial charge in [-0.3, -0.25) is 9.59 Å². The summed E-state index contributed by atoms with van der Waals surface area (Å²) in [4.78, 5) is 25.4. The van der Waals surface area contributed by atoms with Gasteiger partial charge in [-0.25, -0.2) is 0 Å². The fraction of sp³-hybridized carbons (Fsp3) is 0.100. The summed E-state index contributed by atoms with van der Waals surface area (Å²) < 4.78 is 7.76. The van der Waals surface area contributed by atoms with Gasteiger partial charge in [0.1, 0.15) is 11.3 Å². The standard InChI is InChI=1S/C20H14ClNO3S/c1-25-18(24)10-16(23)19-14(12-6-8-13(21)9-7-12)11-22-15-4-2-3-5-17(15)26-20(19)22/h2-9,11H,10H2,1H3. The number of carbonyl (C=O) groups is 2. The van der Waals surface area contributed by atoms with Gasteiger partial charge < -0.3 is 9.14 Å².